The Morgan fingerprint density at radius 2 is 1.77 bits per heavy atom. The van der Waals surface area contributed by atoms with E-state index in [0.717, 1.165) is 41.6 Å². The average molecular weight is 516 g/mol. The van der Waals surface area contributed by atoms with Gasteiger partial charge in [0, 0.05) is 31.7 Å². The zero-order valence-electron chi connectivity index (χ0n) is 20.8. The van der Waals surface area contributed by atoms with Crippen LogP contribution in [0.4, 0.5) is 8.78 Å². The lowest BCUT2D eigenvalue weighted by Crippen LogP contribution is -2.30. The van der Waals surface area contributed by atoms with Crippen LogP contribution in [0.3, 0.4) is 0 Å². The summed E-state index contributed by atoms with van der Waals surface area (Å²) >= 11 is 0. The van der Waals surface area contributed by atoms with E-state index in [-0.39, 0.29) is 24.6 Å². The van der Waals surface area contributed by atoms with Gasteiger partial charge in [0.15, 0.2) is 0 Å². The summed E-state index contributed by atoms with van der Waals surface area (Å²) in [6.45, 7) is 5.96. The van der Waals surface area contributed by atoms with Gasteiger partial charge < -0.3 is 9.15 Å². The van der Waals surface area contributed by atoms with Gasteiger partial charge in [0.2, 0.25) is 15.9 Å². The molecule has 0 amide bonds. The van der Waals surface area contributed by atoms with E-state index in [2.05, 4.69) is 35.9 Å². The van der Waals surface area contributed by atoms with Crippen molar-refractivity contribution in [1.82, 2.24) is 14.5 Å². The van der Waals surface area contributed by atoms with E-state index in [1.165, 1.54) is 0 Å². The minimum atomic E-state index is -3.41. The molecule has 0 bridgehead atoms. The number of hydrogen-bond acceptors (Lipinski definition) is 6. The number of sulfonamides is 1. The SMILES string of the molecule is C#C.C#C.CC.CCCN(Cc1cc(F)ccc1F)S(C)(=O)=O.COC1CC(c2n[nH]c(=O)o2)C1. The molecule has 1 N–H and O–H groups in total. The first-order chi connectivity index (χ1) is 16.6. The fourth-order valence-corrected chi connectivity index (χ4v) is 3.73. The second-order valence-corrected chi connectivity index (χ2v) is 8.79. The number of benzene rings is 1. The molecule has 1 aromatic carbocycles. The molecule has 8 nitrogen and oxygen atoms in total. The summed E-state index contributed by atoms with van der Waals surface area (Å²) < 4.78 is 60.2. The highest BCUT2D eigenvalue weighted by Crippen LogP contribution is 2.36. The normalized spacial score (nSPS) is 15.9. The molecule has 0 aliphatic heterocycles. The lowest BCUT2D eigenvalue weighted by molar-refractivity contribution is 0.0188. The maximum absolute atomic E-state index is 13.4. The number of aromatic amines is 1. The molecular weight excluding hydrogens is 480 g/mol. The van der Waals surface area contributed by atoms with Crippen LogP contribution in [0.25, 0.3) is 0 Å². The van der Waals surface area contributed by atoms with Gasteiger partial charge in [-0.3, -0.25) is 0 Å². The highest BCUT2D eigenvalue weighted by molar-refractivity contribution is 7.88. The predicted octanol–water partition coefficient (Wildman–Crippen LogP) is 3.92. The van der Waals surface area contributed by atoms with E-state index in [1.54, 1.807) is 7.11 Å². The Bertz CT molecular complexity index is 1040. The van der Waals surface area contributed by atoms with Gasteiger partial charge in [-0.05, 0) is 37.5 Å². The summed E-state index contributed by atoms with van der Waals surface area (Å²) in [7, 11) is -1.73. The van der Waals surface area contributed by atoms with Crippen LogP contribution in [0.15, 0.2) is 27.4 Å². The summed E-state index contributed by atoms with van der Waals surface area (Å²) in [5, 5.41) is 5.98. The summed E-state index contributed by atoms with van der Waals surface area (Å²) in [4.78, 5) is 10.6. The van der Waals surface area contributed by atoms with E-state index in [0.29, 0.717) is 18.4 Å². The van der Waals surface area contributed by atoms with Gasteiger partial charge in [-0.25, -0.2) is 27.1 Å². The van der Waals surface area contributed by atoms with Crippen LogP contribution in [0.5, 0.6) is 0 Å². The van der Waals surface area contributed by atoms with E-state index < -0.39 is 27.4 Å². The highest BCUT2D eigenvalue weighted by Gasteiger charge is 2.33. The first kappa shape index (κ1) is 34.2. The van der Waals surface area contributed by atoms with Crippen LogP contribution < -0.4 is 5.76 Å². The first-order valence-corrected chi connectivity index (χ1v) is 12.6. The van der Waals surface area contributed by atoms with Crippen molar-refractivity contribution in [3.05, 3.63) is 51.8 Å². The largest absolute Gasteiger partial charge is 0.434 e. The third-order valence-electron chi connectivity index (χ3n) is 4.53. The van der Waals surface area contributed by atoms with Crippen LogP contribution in [-0.4, -0.2) is 48.9 Å². The fourth-order valence-electron chi connectivity index (χ4n) is 2.84. The van der Waals surface area contributed by atoms with Crippen molar-refractivity contribution in [2.75, 3.05) is 19.9 Å². The van der Waals surface area contributed by atoms with Crippen molar-refractivity contribution in [1.29, 1.82) is 0 Å². The van der Waals surface area contributed by atoms with E-state index >= 15 is 0 Å². The molecule has 0 radical (unpaired) electrons. The van der Waals surface area contributed by atoms with E-state index in [1.807, 2.05) is 20.8 Å². The summed E-state index contributed by atoms with van der Waals surface area (Å²) in [6.07, 6.45) is 19.8. The fraction of sp³-hybridized carbons (Fsp3) is 0.500. The number of nitrogens with one attached hydrogen (secondary N) is 1. The second-order valence-electron chi connectivity index (χ2n) is 6.81. The summed E-state index contributed by atoms with van der Waals surface area (Å²) in [6, 6.07) is 3.02. The third kappa shape index (κ3) is 12.3. The Hall–Kier alpha value is -2.99. The van der Waals surface area contributed by atoms with Crippen molar-refractivity contribution >= 4 is 10.0 Å². The van der Waals surface area contributed by atoms with Crippen molar-refractivity contribution in [2.24, 2.45) is 0 Å². The van der Waals surface area contributed by atoms with Gasteiger partial charge in [0.1, 0.15) is 11.6 Å². The Kier molecular flexibility index (Phi) is 17.9. The highest BCUT2D eigenvalue weighted by atomic mass is 32.2. The van der Waals surface area contributed by atoms with Crippen molar-refractivity contribution < 1.29 is 26.4 Å². The Morgan fingerprint density at radius 3 is 2.20 bits per heavy atom. The first-order valence-electron chi connectivity index (χ1n) is 10.8. The standard InChI is InChI=1S/C11H15F2NO2S.C7H10N2O3.C2H6.2C2H2/c1-3-6-14(17(2,15)16)8-9-7-10(12)4-5-11(9)13;1-11-5-2-4(3-5)6-8-9-7(10)12-6;3*1-2/h4-5,7H,3,6,8H2,1-2H3;4-5H,2-3H2,1H3,(H,9,10);1-2H3;2*1-2H. The Labute approximate surface area is 207 Å². The number of methoxy groups -OCH3 is 1. The number of rotatable bonds is 7. The number of H-pyrrole nitrogens is 1. The minimum absolute atomic E-state index is 0.0453. The lowest BCUT2D eigenvalue weighted by Gasteiger charge is -2.31. The third-order valence-corrected chi connectivity index (χ3v) is 5.78. The zero-order chi connectivity index (χ0) is 27.6. The number of halogens is 2. The smallest absolute Gasteiger partial charge is 0.392 e. The molecule has 11 heteroatoms. The molecule has 1 aromatic heterocycles. The quantitative estimate of drug-likeness (QED) is 0.561. The van der Waals surface area contributed by atoms with Gasteiger partial charge in [0.05, 0.1) is 12.4 Å². The molecule has 3 rings (SSSR count). The molecule has 0 saturated heterocycles. The molecule has 1 saturated carbocycles. The van der Waals surface area contributed by atoms with Crippen LogP contribution in [0.1, 0.15) is 57.4 Å². The molecule has 0 unspecified atom stereocenters. The molecule has 0 atom stereocenters. The maximum atomic E-state index is 13.4. The van der Waals surface area contributed by atoms with Gasteiger partial charge in [-0.2, -0.15) is 4.31 Å². The molecule has 2 aromatic rings. The minimum Gasteiger partial charge on any atom is -0.392 e. The molecule has 1 aliphatic rings. The Balaban J connectivity index is 0. The van der Waals surface area contributed by atoms with Gasteiger partial charge in [0.25, 0.3) is 0 Å². The van der Waals surface area contributed by atoms with E-state index in [4.69, 9.17) is 9.15 Å². The molecular formula is C24H35F2N3O5S. The summed E-state index contributed by atoms with van der Waals surface area (Å²) in [5.74, 6) is -0.893. The van der Waals surface area contributed by atoms with Crippen molar-refractivity contribution in [3.63, 3.8) is 0 Å². The average Bonchev–Trinajstić information content (AvgIpc) is 3.25. The number of aromatic nitrogens is 2. The van der Waals surface area contributed by atoms with Crippen molar-refractivity contribution in [3.8, 4) is 25.7 Å². The molecule has 35 heavy (non-hydrogen) atoms. The maximum Gasteiger partial charge on any atom is 0.434 e. The van der Waals surface area contributed by atoms with Crippen molar-refractivity contribution in [2.45, 2.75) is 58.6 Å². The van der Waals surface area contributed by atoms with Crippen LogP contribution in [0.2, 0.25) is 0 Å². The molecule has 1 aliphatic carbocycles. The monoisotopic (exact) mass is 515 g/mol. The zero-order valence-corrected chi connectivity index (χ0v) is 21.6. The van der Waals surface area contributed by atoms with Crippen LogP contribution in [0, 0.1) is 37.3 Å². The molecule has 1 heterocycles. The van der Waals surface area contributed by atoms with Gasteiger partial charge in [-0.1, -0.05) is 20.8 Å². The second kappa shape index (κ2) is 18.4. The van der Waals surface area contributed by atoms with Gasteiger partial charge in [-0.15, -0.1) is 30.8 Å². The number of ether oxygens (including phenoxy) is 1. The summed E-state index contributed by atoms with van der Waals surface area (Å²) in [5.41, 5.74) is 0.0453. The van der Waals surface area contributed by atoms with E-state index in [9.17, 15) is 22.0 Å². The molecule has 0 spiro atoms. The van der Waals surface area contributed by atoms with Crippen LogP contribution in [-0.2, 0) is 21.3 Å². The van der Waals surface area contributed by atoms with Crippen LogP contribution >= 0.6 is 0 Å². The lowest BCUT2D eigenvalue weighted by atomic mass is 9.82. The number of terminal acetylenes is 2. The number of hydrogen-bond donors (Lipinski definition) is 1. The topological polar surface area (TPSA) is 105 Å². The Morgan fingerprint density at radius 1 is 1.20 bits per heavy atom. The van der Waals surface area contributed by atoms with Gasteiger partial charge >= 0.3 is 5.76 Å². The predicted molar refractivity (Wildman–Crippen MR) is 133 cm³/mol. The number of nitrogens with zero attached hydrogens (tertiary/aromatic N) is 2. The molecule has 1 fully saturated rings. The molecule has 196 valence electrons.